The van der Waals surface area contributed by atoms with Crippen molar-refractivity contribution in [2.75, 3.05) is 20.1 Å². The van der Waals surface area contributed by atoms with E-state index in [1.807, 2.05) is 13.8 Å². The molecule has 1 aromatic carbocycles. The van der Waals surface area contributed by atoms with Gasteiger partial charge in [0.05, 0.1) is 5.02 Å². The number of nitrogens with two attached hydrogens (primary N) is 1. The van der Waals surface area contributed by atoms with Crippen molar-refractivity contribution < 1.29 is 8.42 Å². The SMILES string of the molecule is CN(CC(C)(C)CN)S(=O)(=O)c1ccccc1Cl.Cl. The summed E-state index contributed by atoms with van der Waals surface area (Å²) >= 11 is 5.93. The monoisotopic (exact) mass is 326 g/mol. The van der Waals surface area contributed by atoms with E-state index in [-0.39, 0.29) is 27.7 Å². The van der Waals surface area contributed by atoms with Gasteiger partial charge in [0, 0.05) is 13.6 Å². The summed E-state index contributed by atoms with van der Waals surface area (Å²) in [4.78, 5) is 0.127. The summed E-state index contributed by atoms with van der Waals surface area (Å²) in [5, 5.41) is 0.231. The van der Waals surface area contributed by atoms with E-state index < -0.39 is 10.0 Å². The lowest BCUT2D eigenvalue weighted by atomic mass is 9.94. The van der Waals surface area contributed by atoms with Crippen LogP contribution in [0.3, 0.4) is 0 Å². The van der Waals surface area contributed by atoms with E-state index in [0.29, 0.717) is 13.1 Å². The zero-order chi connectivity index (χ0) is 14.0. The summed E-state index contributed by atoms with van der Waals surface area (Å²) in [6.07, 6.45) is 0. The second kappa shape index (κ2) is 6.90. The van der Waals surface area contributed by atoms with Crippen molar-refractivity contribution in [1.82, 2.24) is 4.31 Å². The van der Waals surface area contributed by atoms with Gasteiger partial charge in [-0.2, -0.15) is 0 Å². The highest BCUT2D eigenvalue weighted by atomic mass is 35.5. The molecule has 0 aliphatic rings. The van der Waals surface area contributed by atoms with Crippen LogP contribution in [0.2, 0.25) is 5.02 Å². The maximum Gasteiger partial charge on any atom is 0.244 e. The molecule has 7 heteroatoms. The molecule has 2 N–H and O–H groups in total. The Morgan fingerprint density at radius 1 is 1.32 bits per heavy atom. The average Bonchev–Trinajstić information content (AvgIpc) is 2.28. The minimum atomic E-state index is -3.57. The predicted octanol–water partition coefficient (Wildman–Crippen LogP) is 2.37. The van der Waals surface area contributed by atoms with Crippen LogP contribution in [0.4, 0.5) is 0 Å². The molecule has 0 aromatic heterocycles. The molecule has 0 fully saturated rings. The first-order valence-electron chi connectivity index (χ1n) is 5.62. The molecule has 0 heterocycles. The first-order valence-corrected chi connectivity index (χ1v) is 7.43. The van der Waals surface area contributed by atoms with Crippen LogP contribution in [-0.2, 0) is 10.0 Å². The summed E-state index contributed by atoms with van der Waals surface area (Å²) in [5.74, 6) is 0. The lowest BCUT2D eigenvalue weighted by Gasteiger charge is -2.28. The fourth-order valence-electron chi connectivity index (χ4n) is 1.57. The van der Waals surface area contributed by atoms with Crippen molar-refractivity contribution in [2.24, 2.45) is 11.1 Å². The Morgan fingerprint density at radius 3 is 2.32 bits per heavy atom. The normalized spacial score (nSPS) is 12.3. The third kappa shape index (κ3) is 4.61. The van der Waals surface area contributed by atoms with E-state index in [2.05, 4.69) is 0 Å². The molecule has 0 aliphatic heterocycles. The van der Waals surface area contributed by atoms with E-state index in [9.17, 15) is 8.42 Å². The van der Waals surface area contributed by atoms with E-state index in [1.54, 1.807) is 18.2 Å². The van der Waals surface area contributed by atoms with Crippen LogP contribution in [0, 0.1) is 5.41 Å². The Balaban J connectivity index is 0.00000324. The van der Waals surface area contributed by atoms with Gasteiger partial charge in [-0.25, -0.2) is 12.7 Å². The van der Waals surface area contributed by atoms with Crippen LogP contribution >= 0.6 is 24.0 Å². The van der Waals surface area contributed by atoms with E-state index in [1.165, 1.54) is 17.4 Å². The number of hydrogen-bond acceptors (Lipinski definition) is 3. The van der Waals surface area contributed by atoms with Crippen molar-refractivity contribution in [3.63, 3.8) is 0 Å². The molecule has 0 amide bonds. The Labute approximate surface area is 126 Å². The van der Waals surface area contributed by atoms with Gasteiger partial charge in [0.15, 0.2) is 0 Å². The highest BCUT2D eigenvalue weighted by Crippen LogP contribution is 2.25. The minimum Gasteiger partial charge on any atom is -0.330 e. The highest BCUT2D eigenvalue weighted by Gasteiger charge is 2.28. The fourth-order valence-corrected chi connectivity index (χ4v) is 3.42. The van der Waals surface area contributed by atoms with Crippen molar-refractivity contribution in [2.45, 2.75) is 18.7 Å². The number of rotatable bonds is 5. The Hall–Kier alpha value is -0.330. The van der Waals surface area contributed by atoms with Gasteiger partial charge in [-0.3, -0.25) is 0 Å². The van der Waals surface area contributed by atoms with Crippen LogP contribution in [0.1, 0.15) is 13.8 Å². The van der Waals surface area contributed by atoms with Gasteiger partial charge >= 0.3 is 0 Å². The molecule has 19 heavy (non-hydrogen) atoms. The molecule has 0 aliphatic carbocycles. The fraction of sp³-hybridized carbons (Fsp3) is 0.500. The number of sulfonamides is 1. The second-order valence-electron chi connectivity index (χ2n) is 5.06. The topological polar surface area (TPSA) is 63.4 Å². The van der Waals surface area contributed by atoms with Gasteiger partial charge in [0.2, 0.25) is 10.0 Å². The van der Waals surface area contributed by atoms with Gasteiger partial charge in [-0.15, -0.1) is 12.4 Å². The smallest absolute Gasteiger partial charge is 0.244 e. The quantitative estimate of drug-likeness (QED) is 0.903. The lowest BCUT2D eigenvalue weighted by molar-refractivity contribution is 0.292. The van der Waals surface area contributed by atoms with Crippen LogP contribution in [0.25, 0.3) is 0 Å². The summed E-state index contributed by atoms with van der Waals surface area (Å²) in [6, 6.07) is 6.42. The van der Waals surface area contributed by atoms with Gasteiger partial charge in [-0.1, -0.05) is 37.6 Å². The maximum absolute atomic E-state index is 12.3. The molecule has 110 valence electrons. The standard InChI is InChI=1S/C12H19ClN2O2S.ClH/c1-12(2,8-14)9-15(3)18(16,17)11-7-5-4-6-10(11)13;/h4-7H,8-9,14H2,1-3H3;1H. The van der Waals surface area contributed by atoms with Crippen molar-refractivity contribution in [3.8, 4) is 0 Å². The molecule has 0 atom stereocenters. The van der Waals surface area contributed by atoms with Gasteiger partial charge in [0.1, 0.15) is 4.90 Å². The van der Waals surface area contributed by atoms with Crippen LogP contribution in [0.15, 0.2) is 29.2 Å². The first kappa shape index (κ1) is 18.7. The van der Waals surface area contributed by atoms with E-state index in [4.69, 9.17) is 17.3 Å². The van der Waals surface area contributed by atoms with Crippen LogP contribution < -0.4 is 5.73 Å². The average molecular weight is 327 g/mol. The van der Waals surface area contributed by atoms with Crippen LogP contribution in [0.5, 0.6) is 0 Å². The first-order chi connectivity index (χ1) is 8.20. The molecule has 1 aromatic rings. The molecule has 1 rings (SSSR count). The maximum atomic E-state index is 12.3. The van der Waals surface area contributed by atoms with Crippen LogP contribution in [-0.4, -0.2) is 32.9 Å². The molecule has 0 bridgehead atoms. The molecule has 0 radical (unpaired) electrons. The molecular weight excluding hydrogens is 307 g/mol. The molecule has 0 spiro atoms. The molecule has 4 nitrogen and oxygen atoms in total. The van der Waals surface area contributed by atoms with Gasteiger partial charge < -0.3 is 5.73 Å². The number of benzene rings is 1. The molecule has 0 saturated heterocycles. The predicted molar refractivity (Wildman–Crippen MR) is 81.4 cm³/mol. The van der Waals surface area contributed by atoms with E-state index in [0.717, 1.165) is 0 Å². The lowest BCUT2D eigenvalue weighted by Crippen LogP contribution is -2.39. The highest BCUT2D eigenvalue weighted by molar-refractivity contribution is 7.89. The van der Waals surface area contributed by atoms with Crippen molar-refractivity contribution in [3.05, 3.63) is 29.3 Å². The number of nitrogens with zero attached hydrogens (tertiary/aromatic N) is 1. The van der Waals surface area contributed by atoms with Gasteiger partial charge in [0.25, 0.3) is 0 Å². The zero-order valence-electron chi connectivity index (χ0n) is 11.3. The van der Waals surface area contributed by atoms with E-state index >= 15 is 0 Å². The third-order valence-corrected chi connectivity index (χ3v) is 5.03. The largest absolute Gasteiger partial charge is 0.330 e. The Bertz CT molecular complexity index is 518. The van der Waals surface area contributed by atoms with Crippen molar-refractivity contribution >= 4 is 34.0 Å². The number of halogens is 2. The Kier molecular flexibility index (Phi) is 6.78. The summed E-state index contributed by atoms with van der Waals surface area (Å²) < 4.78 is 26.0. The van der Waals surface area contributed by atoms with Gasteiger partial charge in [-0.05, 0) is 24.1 Å². The third-order valence-electron chi connectivity index (χ3n) is 2.73. The molecular formula is C12H20Cl2N2O2S. The zero-order valence-corrected chi connectivity index (χ0v) is 13.6. The molecule has 0 unspecified atom stereocenters. The summed E-state index contributed by atoms with van der Waals surface area (Å²) in [7, 11) is -2.03. The Morgan fingerprint density at radius 2 is 1.84 bits per heavy atom. The van der Waals surface area contributed by atoms with Crippen molar-refractivity contribution in [1.29, 1.82) is 0 Å². The molecule has 0 saturated carbocycles. The minimum absolute atomic E-state index is 0. The summed E-state index contributed by atoms with van der Waals surface area (Å²) in [6.45, 7) is 4.60. The second-order valence-corrected chi connectivity index (χ2v) is 7.48. The summed E-state index contributed by atoms with van der Waals surface area (Å²) in [5.41, 5.74) is 5.34. The number of hydrogen-bond donors (Lipinski definition) is 1.